The van der Waals surface area contributed by atoms with Crippen LogP contribution in [0, 0.1) is 0 Å². The molecule has 0 spiro atoms. The van der Waals surface area contributed by atoms with Gasteiger partial charge in [0, 0.05) is 12.2 Å². The average molecular weight is 388 g/mol. The molecule has 1 amide bonds. The number of halogens is 1. The summed E-state index contributed by atoms with van der Waals surface area (Å²) in [5, 5.41) is 5.98. The molecular weight excluding hydrogens is 366 g/mol. The van der Waals surface area contributed by atoms with E-state index >= 15 is 0 Å². The fourth-order valence-corrected chi connectivity index (χ4v) is 2.42. The van der Waals surface area contributed by atoms with Gasteiger partial charge in [-0.2, -0.15) is 0 Å². The predicted octanol–water partition coefficient (Wildman–Crippen LogP) is 2.11. The Labute approximate surface area is 153 Å². The van der Waals surface area contributed by atoms with E-state index in [1.807, 2.05) is 25.1 Å². The summed E-state index contributed by atoms with van der Waals surface area (Å²) in [6.45, 7) is 3.62. The monoisotopic (exact) mass is 387 g/mol. The Morgan fingerprint density at radius 2 is 1.92 bits per heavy atom. The third-order valence-electron chi connectivity index (χ3n) is 3.16. The average Bonchev–Trinajstić information content (AvgIpc) is 3.00. The van der Waals surface area contributed by atoms with Gasteiger partial charge in [0.05, 0.1) is 12.8 Å². The third kappa shape index (κ3) is 7.27. The number of anilines is 1. The molecule has 0 saturated heterocycles. The number of hydrogen-bond acceptors (Lipinski definition) is 5. The Bertz CT molecular complexity index is 805. The van der Waals surface area contributed by atoms with Crippen LogP contribution in [0.5, 0.6) is 0 Å². The molecule has 2 aromatic rings. The van der Waals surface area contributed by atoms with Gasteiger partial charge in [0.15, 0.2) is 5.76 Å². The molecule has 0 bridgehead atoms. The van der Waals surface area contributed by atoms with Crippen molar-refractivity contribution in [3.05, 3.63) is 53.5 Å². The van der Waals surface area contributed by atoms with Crippen molar-refractivity contribution in [3.8, 4) is 0 Å². The molecule has 0 aliphatic carbocycles. The van der Waals surface area contributed by atoms with Crippen LogP contribution in [0.4, 0.5) is 5.69 Å². The summed E-state index contributed by atoms with van der Waals surface area (Å²) < 4.78 is 29.8. The maximum atomic E-state index is 12.2. The van der Waals surface area contributed by atoms with Crippen molar-refractivity contribution in [2.75, 3.05) is 18.1 Å². The van der Waals surface area contributed by atoms with Crippen LogP contribution in [-0.4, -0.2) is 27.1 Å². The summed E-state index contributed by atoms with van der Waals surface area (Å²) in [7, 11) is -3.31. The highest BCUT2D eigenvalue weighted by molar-refractivity contribution is 7.88. The van der Waals surface area contributed by atoms with E-state index in [4.69, 9.17) is 4.42 Å². The first kappa shape index (κ1) is 21.2. The van der Waals surface area contributed by atoms with Crippen molar-refractivity contribution >= 4 is 34.0 Å². The summed E-state index contributed by atoms with van der Waals surface area (Å²) in [5.41, 5.74) is 1.73. The molecule has 0 saturated carbocycles. The lowest BCUT2D eigenvalue weighted by Gasteiger charge is -2.07. The lowest BCUT2D eigenvalue weighted by Crippen LogP contribution is -2.20. The Morgan fingerprint density at radius 3 is 2.60 bits per heavy atom. The topological polar surface area (TPSA) is 100 Å². The second-order valence-corrected chi connectivity index (χ2v) is 7.13. The molecule has 1 heterocycles. The van der Waals surface area contributed by atoms with Gasteiger partial charge >= 0.3 is 0 Å². The normalized spacial score (nSPS) is 11.0. The quantitative estimate of drug-likeness (QED) is 0.644. The standard InChI is InChI=1S/C16H21N3O4S.ClH/c1-3-17-10-12-5-4-6-13(9-12)19-16(20)15-8-7-14(23-15)11-18-24(2,21)22;/h4-9,17-18H,3,10-11H2,1-2H3,(H,19,20);1H. The number of hydrogen-bond donors (Lipinski definition) is 3. The number of rotatable bonds is 8. The molecule has 0 atom stereocenters. The number of benzene rings is 1. The molecule has 7 nitrogen and oxygen atoms in total. The summed E-state index contributed by atoms with van der Waals surface area (Å²) in [5.74, 6) is 0.102. The molecule has 0 fully saturated rings. The number of furan rings is 1. The van der Waals surface area contributed by atoms with Crippen LogP contribution in [0.1, 0.15) is 28.8 Å². The van der Waals surface area contributed by atoms with Gasteiger partial charge in [0.1, 0.15) is 5.76 Å². The highest BCUT2D eigenvalue weighted by Gasteiger charge is 2.12. The van der Waals surface area contributed by atoms with Crippen molar-refractivity contribution in [2.45, 2.75) is 20.0 Å². The molecular formula is C16H22ClN3O4S. The second kappa shape index (κ2) is 9.57. The Morgan fingerprint density at radius 1 is 1.16 bits per heavy atom. The first-order valence-electron chi connectivity index (χ1n) is 7.52. The SMILES string of the molecule is CCNCc1cccc(NC(=O)c2ccc(CNS(C)(=O)=O)o2)c1.Cl. The van der Waals surface area contributed by atoms with Gasteiger partial charge in [0.2, 0.25) is 10.0 Å². The van der Waals surface area contributed by atoms with Gasteiger partial charge in [-0.3, -0.25) is 4.79 Å². The van der Waals surface area contributed by atoms with Crippen molar-refractivity contribution in [1.82, 2.24) is 10.0 Å². The Balaban J connectivity index is 0.00000312. The zero-order chi connectivity index (χ0) is 17.6. The number of nitrogens with one attached hydrogen (secondary N) is 3. The van der Waals surface area contributed by atoms with Gasteiger partial charge < -0.3 is 15.1 Å². The fraction of sp³-hybridized carbons (Fsp3) is 0.312. The summed E-state index contributed by atoms with van der Waals surface area (Å²) >= 11 is 0. The largest absolute Gasteiger partial charge is 0.455 e. The minimum Gasteiger partial charge on any atom is -0.455 e. The maximum Gasteiger partial charge on any atom is 0.291 e. The van der Waals surface area contributed by atoms with Crippen LogP contribution in [0.3, 0.4) is 0 Å². The number of amides is 1. The van der Waals surface area contributed by atoms with Crippen molar-refractivity contribution in [3.63, 3.8) is 0 Å². The van der Waals surface area contributed by atoms with Crippen LogP contribution in [-0.2, 0) is 23.1 Å². The lowest BCUT2D eigenvalue weighted by molar-refractivity contribution is 0.0995. The van der Waals surface area contributed by atoms with E-state index in [-0.39, 0.29) is 30.6 Å². The van der Waals surface area contributed by atoms with Gasteiger partial charge in [-0.05, 0) is 36.4 Å². The summed E-state index contributed by atoms with van der Waals surface area (Å²) in [4.78, 5) is 12.2. The number of sulfonamides is 1. The number of carbonyl (C=O) groups excluding carboxylic acids is 1. The molecule has 1 aromatic heterocycles. The third-order valence-corrected chi connectivity index (χ3v) is 3.83. The minimum absolute atomic E-state index is 0. The van der Waals surface area contributed by atoms with Gasteiger partial charge in [-0.25, -0.2) is 13.1 Å². The van der Waals surface area contributed by atoms with Crippen LogP contribution >= 0.6 is 12.4 Å². The molecule has 138 valence electrons. The minimum atomic E-state index is -3.31. The van der Waals surface area contributed by atoms with Crippen LogP contribution in [0.2, 0.25) is 0 Å². The molecule has 3 N–H and O–H groups in total. The van der Waals surface area contributed by atoms with Gasteiger partial charge in [-0.1, -0.05) is 19.1 Å². The molecule has 25 heavy (non-hydrogen) atoms. The van der Waals surface area contributed by atoms with E-state index in [1.54, 1.807) is 12.1 Å². The highest BCUT2D eigenvalue weighted by atomic mass is 35.5. The van der Waals surface area contributed by atoms with E-state index in [1.165, 1.54) is 6.07 Å². The first-order valence-corrected chi connectivity index (χ1v) is 9.41. The van der Waals surface area contributed by atoms with Gasteiger partial charge in [0.25, 0.3) is 5.91 Å². The van der Waals surface area contributed by atoms with Crippen LogP contribution < -0.4 is 15.4 Å². The van der Waals surface area contributed by atoms with Gasteiger partial charge in [-0.15, -0.1) is 12.4 Å². The van der Waals surface area contributed by atoms with E-state index in [0.717, 1.165) is 24.9 Å². The Kier molecular flexibility index (Phi) is 8.11. The van der Waals surface area contributed by atoms with E-state index in [0.29, 0.717) is 11.4 Å². The molecule has 0 radical (unpaired) electrons. The molecule has 0 unspecified atom stereocenters. The molecule has 0 aliphatic rings. The number of carbonyl (C=O) groups is 1. The first-order chi connectivity index (χ1) is 11.4. The van der Waals surface area contributed by atoms with Crippen molar-refractivity contribution in [1.29, 1.82) is 0 Å². The van der Waals surface area contributed by atoms with Crippen LogP contribution in [0.25, 0.3) is 0 Å². The van der Waals surface area contributed by atoms with E-state index in [2.05, 4.69) is 15.4 Å². The van der Waals surface area contributed by atoms with Crippen LogP contribution in [0.15, 0.2) is 40.8 Å². The molecule has 9 heteroatoms. The highest BCUT2D eigenvalue weighted by Crippen LogP contribution is 2.14. The van der Waals surface area contributed by atoms with E-state index in [9.17, 15) is 13.2 Å². The summed E-state index contributed by atoms with van der Waals surface area (Å²) in [6.07, 6.45) is 1.06. The summed E-state index contributed by atoms with van der Waals surface area (Å²) in [6, 6.07) is 10.6. The van der Waals surface area contributed by atoms with Crippen molar-refractivity contribution < 1.29 is 17.6 Å². The van der Waals surface area contributed by atoms with E-state index < -0.39 is 10.0 Å². The maximum absolute atomic E-state index is 12.2. The smallest absolute Gasteiger partial charge is 0.291 e. The fourth-order valence-electron chi connectivity index (χ4n) is 2.02. The van der Waals surface area contributed by atoms with Crippen molar-refractivity contribution in [2.24, 2.45) is 0 Å². The second-order valence-electron chi connectivity index (χ2n) is 5.29. The molecule has 2 rings (SSSR count). The lowest BCUT2D eigenvalue weighted by atomic mass is 10.2. The zero-order valence-electron chi connectivity index (χ0n) is 14.0. The molecule has 1 aromatic carbocycles. The Hall–Kier alpha value is -1.87. The zero-order valence-corrected chi connectivity index (χ0v) is 15.7. The molecule has 0 aliphatic heterocycles. The predicted molar refractivity (Wildman–Crippen MR) is 99.4 cm³/mol.